The zero-order chi connectivity index (χ0) is 12.8. The summed E-state index contributed by atoms with van der Waals surface area (Å²) < 4.78 is 10.7. The smallest absolute Gasteiger partial charge is 0.287 e. The van der Waals surface area contributed by atoms with E-state index in [0.29, 0.717) is 5.95 Å². The predicted octanol–water partition coefficient (Wildman–Crippen LogP) is 3.70. The van der Waals surface area contributed by atoms with Crippen molar-refractivity contribution in [3.8, 4) is 0 Å². The lowest BCUT2D eigenvalue weighted by atomic mass is 9.99. The summed E-state index contributed by atoms with van der Waals surface area (Å²) in [5, 5.41) is 0. The van der Waals surface area contributed by atoms with E-state index in [0.717, 1.165) is 16.7 Å². The van der Waals surface area contributed by atoms with E-state index < -0.39 is 0 Å². The summed E-state index contributed by atoms with van der Waals surface area (Å²) >= 11 is 0. The molecule has 92 valence electrons. The van der Waals surface area contributed by atoms with Crippen LogP contribution < -0.4 is 0 Å². The van der Waals surface area contributed by atoms with Gasteiger partial charge in [0.25, 0.3) is 5.95 Å². The van der Waals surface area contributed by atoms with Crippen LogP contribution >= 0.6 is 0 Å². The van der Waals surface area contributed by atoms with Crippen molar-refractivity contribution in [3.05, 3.63) is 77.7 Å². The quantitative estimate of drug-likeness (QED) is 0.759. The van der Waals surface area contributed by atoms with Gasteiger partial charge in [-0.3, -0.25) is 0 Å². The molecule has 0 N–H and O–H groups in total. The molecule has 0 aliphatic rings. The standard InChI is InChI=1S/C16H16O2/c1-17-16(18-2)15(13-9-5-3-6-10-13)14-11-7-4-8-12-14/h3-12H,1-2H3. The molecule has 0 atom stereocenters. The van der Waals surface area contributed by atoms with Crippen molar-refractivity contribution < 1.29 is 9.47 Å². The second kappa shape index (κ2) is 5.92. The second-order valence-corrected chi connectivity index (χ2v) is 3.80. The van der Waals surface area contributed by atoms with Crippen LogP contribution in [0.4, 0.5) is 0 Å². The maximum Gasteiger partial charge on any atom is 0.287 e. The third kappa shape index (κ3) is 2.54. The average Bonchev–Trinajstić information content (AvgIpc) is 2.46. The second-order valence-electron chi connectivity index (χ2n) is 3.80. The van der Waals surface area contributed by atoms with Crippen molar-refractivity contribution in [1.82, 2.24) is 0 Å². The molecule has 0 radical (unpaired) electrons. The van der Waals surface area contributed by atoms with Crippen LogP contribution in [0.1, 0.15) is 11.1 Å². The van der Waals surface area contributed by atoms with Crippen LogP contribution in [-0.4, -0.2) is 14.2 Å². The molecule has 0 amide bonds. The topological polar surface area (TPSA) is 18.5 Å². The number of rotatable bonds is 4. The highest BCUT2D eigenvalue weighted by Gasteiger charge is 2.12. The first-order chi connectivity index (χ1) is 8.86. The number of benzene rings is 2. The molecule has 0 heterocycles. The minimum absolute atomic E-state index is 0.521. The number of ether oxygens (including phenoxy) is 2. The van der Waals surface area contributed by atoms with Crippen molar-refractivity contribution in [1.29, 1.82) is 0 Å². The molecule has 0 bridgehead atoms. The Labute approximate surface area is 107 Å². The minimum atomic E-state index is 0.521. The van der Waals surface area contributed by atoms with E-state index in [1.165, 1.54) is 0 Å². The fourth-order valence-corrected chi connectivity index (χ4v) is 1.90. The summed E-state index contributed by atoms with van der Waals surface area (Å²) in [6.45, 7) is 0. The molecule has 0 unspecified atom stereocenters. The molecule has 2 nitrogen and oxygen atoms in total. The highest BCUT2D eigenvalue weighted by Crippen LogP contribution is 2.27. The molecule has 2 rings (SSSR count). The lowest BCUT2D eigenvalue weighted by Crippen LogP contribution is -1.98. The molecule has 0 spiro atoms. The van der Waals surface area contributed by atoms with Gasteiger partial charge in [0.1, 0.15) is 0 Å². The lowest BCUT2D eigenvalue weighted by Gasteiger charge is -2.13. The van der Waals surface area contributed by atoms with Crippen molar-refractivity contribution >= 4 is 5.57 Å². The summed E-state index contributed by atoms with van der Waals surface area (Å²) in [5.41, 5.74) is 3.10. The van der Waals surface area contributed by atoms with Crippen LogP contribution in [0.3, 0.4) is 0 Å². The zero-order valence-corrected chi connectivity index (χ0v) is 10.6. The Balaban J connectivity index is 2.59. The summed E-state index contributed by atoms with van der Waals surface area (Å²) in [6.07, 6.45) is 0. The van der Waals surface area contributed by atoms with Gasteiger partial charge in [-0.15, -0.1) is 0 Å². The summed E-state index contributed by atoms with van der Waals surface area (Å²) in [6, 6.07) is 20.2. The van der Waals surface area contributed by atoms with Gasteiger partial charge in [0.15, 0.2) is 0 Å². The van der Waals surface area contributed by atoms with Crippen molar-refractivity contribution in [2.24, 2.45) is 0 Å². The monoisotopic (exact) mass is 240 g/mol. The van der Waals surface area contributed by atoms with E-state index in [9.17, 15) is 0 Å². The molecule has 0 aliphatic carbocycles. The van der Waals surface area contributed by atoms with Crippen molar-refractivity contribution in [3.63, 3.8) is 0 Å². The van der Waals surface area contributed by atoms with Crippen LogP contribution in [0.25, 0.3) is 5.57 Å². The van der Waals surface area contributed by atoms with Crippen LogP contribution in [0.5, 0.6) is 0 Å². The largest absolute Gasteiger partial charge is 0.468 e. The summed E-state index contributed by atoms with van der Waals surface area (Å²) in [5.74, 6) is 0.521. The van der Waals surface area contributed by atoms with Crippen molar-refractivity contribution in [2.45, 2.75) is 0 Å². The van der Waals surface area contributed by atoms with Crippen LogP contribution in [-0.2, 0) is 9.47 Å². The molecule has 0 saturated carbocycles. The van der Waals surface area contributed by atoms with Gasteiger partial charge < -0.3 is 9.47 Å². The van der Waals surface area contributed by atoms with Gasteiger partial charge in [0, 0.05) is 0 Å². The van der Waals surface area contributed by atoms with E-state index >= 15 is 0 Å². The zero-order valence-electron chi connectivity index (χ0n) is 10.6. The Bertz CT molecular complexity index is 468. The van der Waals surface area contributed by atoms with Gasteiger partial charge >= 0.3 is 0 Å². The van der Waals surface area contributed by atoms with Crippen LogP contribution in [0.2, 0.25) is 0 Å². The van der Waals surface area contributed by atoms with E-state index in [4.69, 9.17) is 9.47 Å². The molecule has 2 aromatic rings. The molecule has 2 heteroatoms. The normalized spacial score (nSPS) is 9.67. The van der Waals surface area contributed by atoms with Crippen LogP contribution in [0.15, 0.2) is 66.6 Å². The first-order valence-corrected chi connectivity index (χ1v) is 5.80. The first kappa shape index (κ1) is 12.2. The van der Waals surface area contributed by atoms with E-state index in [-0.39, 0.29) is 0 Å². The van der Waals surface area contributed by atoms with Gasteiger partial charge in [0.2, 0.25) is 0 Å². The van der Waals surface area contributed by atoms with Gasteiger partial charge in [-0.2, -0.15) is 0 Å². The fourth-order valence-electron chi connectivity index (χ4n) is 1.90. The Hall–Kier alpha value is -2.22. The molecule has 0 aromatic heterocycles. The molecular weight excluding hydrogens is 224 g/mol. The SMILES string of the molecule is COC(OC)=C(c1ccccc1)c1ccccc1. The van der Waals surface area contributed by atoms with E-state index in [1.54, 1.807) is 14.2 Å². The summed E-state index contributed by atoms with van der Waals surface area (Å²) in [7, 11) is 3.23. The fraction of sp³-hybridized carbons (Fsp3) is 0.125. The van der Waals surface area contributed by atoms with Gasteiger partial charge in [0.05, 0.1) is 19.8 Å². The summed E-state index contributed by atoms with van der Waals surface area (Å²) in [4.78, 5) is 0. The molecule has 18 heavy (non-hydrogen) atoms. The molecule has 0 aliphatic heterocycles. The number of hydrogen-bond acceptors (Lipinski definition) is 2. The van der Waals surface area contributed by atoms with E-state index in [2.05, 4.69) is 0 Å². The molecule has 0 fully saturated rings. The van der Waals surface area contributed by atoms with Gasteiger partial charge in [-0.05, 0) is 11.1 Å². The Kier molecular flexibility index (Phi) is 4.02. The minimum Gasteiger partial charge on any atom is -0.468 e. The van der Waals surface area contributed by atoms with Crippen LogP contribution in [0, 0.1) is 0 Å². The van der Waals surface area contributed by atoms with E-state index in [1.807, 2.05) is 60.7 Å². The highest BCUT2D eigenvalue weighted by atomic mass is 16.7. The molecule has 2 aromatic carbocycles. The first-order valence-electron chi connectivity index (χ1n) is 5.80. The van der Waals surface area contributed by atoms with Gasteiger partial charge in [-0.25, -0.2) is 0 Å². The Morgan fingerprint density at radius 3 is 1.39 bits per heavy atom. The predicted molar refractivity (Wildman–Crippen MR) is 72.9 cm³/mol. The van der Waals surface area contributed by atoms with Gasteiger partial charge in [-0.1, -0.05) is 60.7 Å². The maximum atomic E-state index is 5.33. The average molecular weight is 240 g/mol. The highest BCUT2D eigenvalue weighted by molar-refractivity contribution is 5.80. The Morgan fingerprint density at radius 1 is 0.667 bits per heavy atom. The Morgan fingerprint density at radius 2 is 1.06 bits per heavy atom. The third-order valence-electron chi connectivity index (χ3n) is 2.70. The number of methoxy groups -OCH3 is 2. The third-order valence-corrected chi connectivity index (χ3v) is 2.70. The molecule has 0 saturated heterocycles. The van der Waals surface area contributed by atoms with Crippen molar-refractivity contribution in [2.75, 3.05) is 14.2 Å². The lowest BCUT2D eigenvalue weighted by molar-refractivity contribution is 0.0983. The maximum absolute atomic E-state index is 5.33. The molecular formula is C16H16O2. The number of hydrogen-bond donors (Lipinski definition) is 0.